The molecule has 2 aliphatic rings. The molecular formula is C24H34F3N5O5. The van der Waals surface area contributed by atoms with Crippen LogP contribution in [0.25, 0.3) is 0 Å². The molecule has 0 bridgehead atoms. The Kier molecular flexibility index (Phi) is 8.35. The number of aromatic nitrogens is 2. The van der Waals surface area contributed by atoms with Crippen LogP contribution < -0.4 is 0 Å². The van der Waals surface area contributed by atoms with Gasteiger partial charge in [0.15, 0.2) is 5.69 Å². The number of hydrogen-bond acceptors (Lipinski definition) is 6. The predicted molar refractivity (Wildman–Crippen MR) is 126 cm³/mol. The fourth-order valence-electron chi connectivity index (χ4n) is 4.85. The minimum Gasteiger partial charge on any atom is -0.465 e. The first kappa shape index (κ1) is 28.6. The Balaban J connectivity index is 1.87. The lowest BCUT2D eigenvalue weighted by Gasteiger charge is -2.43. The molecule has 13 heteroatoms. The number of fused-ring (bicyclic) bond motifs is 1. The van der Waals surface area contributed by atoms with Crippen molar-refractivity contribution in [3.63, 3.8) is 0 Å². The highest BCUT2D eigenvalue weighted by Gasteiger charge is 2.41. The van der Waals surface area contributed by atoms with Crippen molar-refractivity contribution < 1.29 is 37.4 Å². The van der Waals surface area contributed by atoms with Gasteiger partial charge >= 0.3 is 12.3 Å². The number of hydrogen-bond donors (Lipinski definition) is 1. The monoisotopic (exact) mass is 529 g/mol. The van der Waals surface area contributed by atoms with Crippen molar-refractivity contribution >= 4 is 17.9 Å². The van der Waals surface area contributed by atoms with Gasteiger partial charge in [0.2, 0.25) is 11.8 Å². The van der Waals surface area contributed by atoms with Crippen molar-refractivity contribution in [3.8, 4) is 0 Å². The van der Waals surface area contributed by atoms with Gasteiger partial charge in [0.25, 0.3) is 0 Å². The number of carbonyl (C=O) groups is 3. The van der Waals surface area contributed by atoms with Gasteiger partial charge in [0, 0.05) is 43.6 Å². The first-order valence-corrected chi connectivity index (χ1v) is 12.3. The zero-order valence-electron chi connectivity index (χ0n) is 21.8. The van der Waals surface area contributed by atoms with Gasteiger partial charge in [-0.1, -0.05) is 6.92 Å². The predicted octanol–water partition coefficient (Wildman–Crippen LogP) is 2.73. The molecule has 2 aliphatic heterocycles. The molecule has 1 aromatic heterocycles. The van der Waals surface area contributed by atoms with E-state index in [9.17, 15) is 32.7 Å². The molecule has 0 saturated carbocycles. The summed E-state index contributed by atoms with van der Waals surface area (Å²) < 4.78 is 46.2. The maximum Gasteiger partial charge on any atom is 0.433 e. The Labute approximate surface area is 213 Å². The normalized spacial score (nSPS) is 19.5. The van der Waals surface area contributed by atoms with Gasteiger partial charge in [-0.05, 0) is 34.1 Å². The first-order valence-electron chi connectivity index (χ1n) is 12.3. The molecule has 3 rings (SSSR count). The number of nitrogens with zero attached hydrogens (tertiary/aromatic N) is 5. The molecule has 206 valence electrons. The molecule has 10 nitrogen and oxygen atoms in total. The largest absolute Gasteiger partial charge is 0.465 e. The Morgan fingerprint density at radius 2 is 1.92 bits per heavy atom. The van der Waals surface area contributed by atoms with E-state index in [1.54, 1.807) is 34.6 Å². The van der Waals surface area contributed by atoms with E-state index in [1.165, 1.54) is 9.80 Å². The maximum atomic E-state index is 13.6. The number of ether oxygens (including phenoxy) is 1. The van der Waals surface area contributed by atoms with E-state index in [1.807, 2.05) is 0 Å². The van der Waals surface area contributed by atoms with E-state index >= 15 is 0 Å². The fourth-order valence-corrected chi connectivity index (χ4v) is 4.85. The summed E-state index contributed by atoms with van der Waals surface area (Å²) in [5, 5.41) is 9.99. The van der Waals surface area contributed by atoms with Crippen molar-refractivity contribution in [2.45, 2.75) is 84.3 Å². The molecule has 1 fully saturated rings. The summed E-state index contributed by atoms with van der Waals surface area (Å²) in [6.45, 7) is 8.55. The second-order valence-electron chi connectivity index (χ2n) is 10.4. The van der Waals surface area contributed by atoms with Crippen LogP contribution in [0.15, 0.2) is 0 Å². The summed E-state index contributed by atoms with van der Waals surface area (Å²) in [6, 6.07) is -0.872. The van der Waals surface area contributed by atoms with E-state index in [0.717, 1.165) is 4.90 Å². The van der Waals surface area contributed by atoms with E-state index in [4.69, 9.17) is 4.74 Å². The van der Waals surface area contributed by atoms with Gasteiger partial charge < -0.3 is 19.6 Å². The molecule has 0 aromatic carbocycles. The average Bonchev–Trinajstić information content (AvgIpc) is 2.78. The quantitative estimate of drug-likeness (QED) is 0.602. The van der Waals surface area contributed by atoms with E-state index in [2.05, 4.69) is 9.97 Å². The minimum atomic E-state index is -4.63. The van der Waals surface area contributed by atoms with Crippen LogP contribution in [-0.4, -0.2) is 91.6 Å². The first-order chi connectivity index (χ1) is 17.1. The van der Waals surface area contributed by atoms with Crippen LogP contribution >= 0.6 is 0 Å². The maximum absolute atomic E-state index is 13.6. The number of carboxylic acid groups (broad SMARTS) is 1. The smallest absolute Gasteiger partial charge is 0.433 e. The summed E-state index contributed by atoms with van der Waals surface area (Å²) in [4.78, 5) is 50.1. The van der Waals surface area contributed by atoms with Crippen LogP contribution in [0.2, 0.25) is 0 Å². The van der Waals surface area contributed by atoms with E-state index in [-0.39, 0.29) is 81.1 Å². The Morgan fingerprint density at radius 3 is 2.49 bits per heavy atom. The number of aryl methyl sites for hydroxylation is 1. The molecule has 0 spiro atoms. The second kappa shape index (κ2) is 10.8. The summed E-state index contributed by atoms with van der Waals surface area (Å²) in [6.07, 6.45) is -6.21. The molecule has 2 atom stereocenters. The lowest BCUT2D eigenvalue weighted by Crippen LogP contribution is -2.58. The van der Waals surface area contributed by atoms with Crippen molar-refractivity contribution in [2.24, 2.45) is 0 Å². The van der Waals surface area contributed by atoms with Gasteiger partial charge in [-0.25, -0.2) is 14.8 Å². The van der Waals surface area contributed by atoms with Crippen LogP contribution in [0.5, 0.6) is 0 Å². The number of alkyl halides is 3. The number of rotatable bonds is 6. The van der Waals surface area contributed by atoms with Crippen molar-refractivity contribution in [1.82, 2.24) is 24.7 Å². The molecule has 0 aliphatic carbocycles. The molecule has 0 unspecified atom stereocenters. The van der Waals surface area contributed by atoms with E-state index < -0.39 is 35.5 Å². The highest BCUT2D eigenvalue weighted by molar-refractivity contribution is 5.80. The highest BCUT2D eigenvalue weighted by atomic mass is 19.4. The van der Waals surface area contributed by atoms with E-state index in [0.29, 0.717) is 0 Å². The molecule has 1 aromatic rings. The summed E-state index contributed by atoms with van der Waals surface area (Å²) in [5.41, 5.74) is -1.71. The summed E-state index contributed by atoms with van der Waals surface area (Å²) >= 11 is 0. The third-order valence-corrected chi connectivity index (χ3v) is 6.51. The second-order valence-corrected chi connectivity index (χ2v) is 10.4. The van der Waals surface area contributed by atoms with Crippen LogP contribution in [0.1, 0.15) is 63.8 Å². The average molecular weight is 530 g/mol. The Morgan fingerprint density at radius 1 is 1.24 bits per heavy atom. The topological polar surface area (TPSA) is 116 Å². The molecule has 37 heavy (non-hydrogen) atoms. The van der Waals surface area contributed by atoms with Crippen LogP contribution in [0, 0.1) is 0 Å². The summed E-state index contributed by atoms with van der Waals surface area (Å²) in [7, 11) is 0. The third-order valence-electron chi connectivity index (χ3n) is 6.51. The van der Waals surface area contributed by atoms with Gasteiger partial charge in [0.05, 0.1) is 24.4 Å². The SMILES string of the molecule is CCc1nc2c(c(C(F)(F)F)n1)CCN(C(=O)C[C@@H](CN1C[C@H](C)OCC1=O)N(C(=O)O)C(C)(C)C)C2. The molecule has 0 radical (unpaired) electrons. The molecule has 1 saturated heterocycles. The zero-order chi connectivity index (χ0) is 27.7. The molecule has 3 heterocycles. The fraction of sp³-hybridized carbons (Fsp3) is 0.708. The number of carbonyl (C=O) groups excluding carboxylic acids is 2. The van der Waals surface area contributed by atoms with Crippen molar-refractivity contribution in [3.05, 3.63) is 22.8 Å². The van der Waals surface area contributed by atoms with Gasteiger partial charge in [0.1, 0.15) is 12.4 Å². The number of amides is 3. The Hall–Kier alpha value is -2.96. The molecule has 3 amide bonds. The van der Waals surface area contributed by atoms with Crippen LogP contribution in [-0.2, 0) is 39.9 Å². The summed E-state index contributed by atoms with van der Waals surface area (Å²) in [5.74, 6) is -0.682. The minimum absolute atomic E-state index is 0.00730. The van der Waals surface area contributed by atoms with Crippen molar-refractivity contribution in [1.29, 1.82) is 0 Å². The van der Waals surface area contributed by atoms with Crippen LogP contribution in [0.4, 0.5) is 18.0 Å². The lowest BCUT2D eigenvalue weighted by atomic mass is 9.98. The van der Waals surface area contributed by atoms with Crippen LogP contribution in [0.3, 0.4) is 0 Å². The van der Waals surface area contributed by atoms with Gasteiger partial charge in [-0.3, -0.25) is 14.5 Å². The standard InChI is InChI=1S/C24H34F3N5O5/c1-6-18-28-17-12-30(8-7-16(17)21(29-18)24(25,26)27)19(33)9-15(32(22(35)36)23(3,4)5)11-31-10-14(2)37-13-20(31)34/h14-15H,6-13H2,1-5H3,(H,35,36)/t14-,15-/m0/s1. The van der Waals surface area contributed by atoms with Gasteiger partial charge in [-0.2, -0.15) is 13.2 Å². The lowest BCUT2D eigenvalue weighted by molar-refractivity contribution is -0.150. The third kappa shape index (κ3) is 6.68. The zero-order valence-corrected chi connectivity index (χ0v) is 21.8. The molecular weight excluding hydrogens is 495 g/mol. The highest BCUT2D eigenvalue weighted by Crippen LogP contribution is 2.34. The molecule has 1 N–H and O–H groups in total. The number of halogens is 3. The Bertz CT molecular complexity index is 1040. The van der Waals surface area contributed by atoms with Gasteiger partial charge in [-0.15, -0.1) is 0 Å². The number of morpholine rings is 1. The van der Waals surface area contributed by atoms with Crippen molar-refractivity contribution in [2.75, 3.05) is 26.2 Å².